The van der Waals surface area contributed by atoms with E-state index < -0.39 is 15.9 Å². The van der Waals surface area contributed by atoms with Crippen molar-refractivity contribution in [3.05, 3.63) is 52.5 Å². The monoisotopic (exact) mass is 444 g/mol. The summed E-state index contributed by atoms with van der Waals surface area (Å²) in [5.41, 5.74) is 0.295. The summed E-state index contributed by atoms with van der Waals surface area (Å²) in [6.07, 6.45) is 0. The maximum absolute atomic E-state index is 12.8. The van der Waals surface area contributed by atoms with Gasteiger partial charge in [-0.2, -0.15) is 4.31 Å². The second-order valence-corrected chi connectivity index (χ2v) is 8.65. The number of sulfonamides is 1. The Morgan fingerprint density at radius 1 is 1.11 bits per heavy atom. The lowest BCUT2D eigenvalue weighted by molar-refractivity contribution is -0.118. The van der Waals surface area contributed by atoms with Crippen LogP contribution in [0.3, 0.4) is 0 Å². The molecule has 10 heteroatoms. The van der Waals surface area contributed by atoms with Gasteiger partial charge in [-0.05, 0) is 30.3 Å². The van der Waals surface area contributed by atoms with Crippen LogP contribution in [-0.2, 0) is 19.6 Å². The number of halogens is 2. The lowest BCUT2D eigenvalue weighted by Gasteiger charge is -2.26. The van der Waals surface area contributed by atoms with Crippen molar-refractivity contribution in [3.63, 3.8) is 0 Å². The third-order valence-electron chi connectivity index (χ3n) is 4.00. The lowest BCUT2D eigenvalue weighted by Crippen LogP contribution is -2.40. The number of hydrogen-bond acceptors (Lipinski definition) is 5. The molecular formula is C18H18Cl2N2O5S. The number of rotatable bonds is 6. The zero-order valence-electron chi connectivity index (χ0n) is 14.7. The van der Waals surface area contributed by atoms with E-state index in [2.05, 4.69) is 5.32 Å². The van der Waals surface area contributed by atoms with Gasteiger partial charge in [-0.25, -0.2) is 8.42 Å². The minimum atomic E-state index is -3.79. The normalized spacial score (nSPS) is 15.2. The van der Waals surface area contributed by atoms with Crippen LogP contribution in [0.2, 0.25) is 10.0 Å². The Morgan fingerprint density at radius 2 is 1.82 bits per heavy atom. The number of amides is 1. The molecule has 0 unspecified atom stereocenters. The van der Waals surface area contributed by atoms with Gasteiger partial charge in [0.1, 0.15) is 10.6 Å². The second-order valence-electron chi connectivity index (χ2n) is 5.93. The fourth-order valence-electron chi connectivity index (χ4n) is 2.61. The van der Waals surface area contributed by atoms with Crippen molar-refractivity contribution in [2.75, 3.05) is 38.2 Å². The van der Waals surface area contributed by atoms with Gasteiger partial charge in [0.05, 0.1) is 23.3 Å². The first-order valence-electron chi connectivity index (χ1n) is 8.42. The topological polar surface area (TPSA) is 84.9 Å². The minimum absolute atomic E-state index is 0.0686. The Kier molecular flexibility index (Phi) is 6.79. The number of para-hydroxylation sites is 1. The van der Waals surface area contributed by atoms with Gasteiger partial charge in [0.25, 0.3) is 5.91 Å². The maximum atomic E-state index is 12.8. The second kappa shape index (κ2) is 9.11. The van der Waals surface area contributed by atoms with Crippen LogP contribution in [0.4, 0.5) is 5.69 Å². The number of anilines is 1. The van der Waals surface area contributed by atoms with Gasteiger partial charge < -0.3 is 14.8 Å². The molecular weight excluding hydrogens is 427 g/mol. The van der Waals surface area contributed by atoms with Crippen molar-refractivity contribution in [1.82, 2.24) is 4.31 Å². The zero-order chi connectivity index (χ0) is 20.1. The summed E-state index contributed by atoms with van der Waals surface area (Å²) in [6.45, 7) is 0.874. The number of nitrogens with zero attached hydrogens (tertiary/aromatic N) is 1. The molecule has 1 aliphatic rings. The first-order chi connectivity index (χ1) is 13.4. The van der Waals surface area contributed by atoms with Crippen molar-refractivity contribution in [2.45, 2.75) is 4.90 Å². The van der Waals surface area contributed by atoms with Gasteiger partial charge in [-0.3, -0.25) is 4.79 Å². The first-order valence-corrected chi connectivity index (χ1v) is 10.6. The predicted molar refractivity (Wildman–Crippen MR) is 107 cm³/mol. The van der Waals surface area contributed by atoms with Gasteiger partial charge in [0.2, 0.25) is 10.0 Å². The molecule has 0 radical (unpaired) electrons. The summed E-state index contributed by atoms with van der Waals surface area (Å²) in [5.74, 6) is -0.0806. The van der Waals surface area contributed by atoms with E-state index in [9.17, 15) is 13.2 Å². The van der Waals surface area contributed by atoms with Crippen LogP contribution in [0.15, 0.2) is 47.4 Å². The summed E-state index contributed by atoms with van der Waals surface area (Å²) >= 11 is 12.1. The number of ether oxygens (including phenoxy) is 2. The smallest absolute Gasteiger partial charge is 0.262 e. The SMILES string of the molecule is O=C(COc1ccccc1Cl)Nc1ccc(Cl)c(S(=O)(=O)N2CCOCC2)c1. The molecule has 0 bridgehead atoms. The van der Waals surface area contributed by atoms with Crippen molar-refractivity contribution in [3.8, 4) is 5.75 Å². The predicted octanol–water partition coefficient (Wildman–Crippen LogP) is 3.03. The highest BCUT2D eigenvalue weighted by atomic mass is 35.5. The van der Waals surface area contributed by atoms with E-state index >= 15 is 0 Å². The summed E-state index contributed by atoms with van der Waals surface area (Å²) in [5, 5.41) is 3.07. The van der Waals surface area contributed by atoms with Crippen LogP contribution >= 0.6 is 23.2 Å². The molecule has 1 saturated heterocycles. The van der Waals surface area contributed by atoms with E-state index in [1.54, 1.807) is 24.3 Å². The molecule has 1 heterocycles. The van der Waals surface area contributed by atoms with E-state index in [1.165, 1.54) is 22.5 Å². The number of carbonyl (C=O) groups excluding carboxylic acids is 1. The highest BCUT2D eigenvalue weighted by molar-refractivity contribution is 7.89. The van der Waals surface area contributed by atoms with Crippen molar-refractivity contribution >= 4 is 44.8 Å². The molecule has 2 aromatic rings. The van der Waals surface area contributed by atoms with Crippen molar-refractivity contribution in [2.24, 2.45) is 0 Å². The first kappa shape index (κ1) is 20.9. The fraction of sp³-hybridized carbons (Fsp3) is 0.278. The molecule has 1 fully saturated rings. The fourth-order valence-corrected chi connectivity index (χ4v) is 4.71. The maximum Gasteiger partial charge on any atom is 0.262 e. The van der Waals surface area contributed by atoms with E-state index in [4.69, 9.17) is 32.7 Å². The Morgan fingerprint density at radius 3 is 2.54 bits per heavy atom. The molecule has 2 aromatic carbocycles. The molecule has 0 saturated carbocycles. The standard InChI is InChI=1S/C18H18Cl2N2O5S/c19-14-3-1-2-4-16(14)27-12-18(23)21-13-5-6-15(20)17(11-13)28(24,25)22-7-9-26-10-8-22/h1-6,11H,7-10,12H2,(H,21,23). The summed E-state index contributed by atoms with van der Waals surface area (Å²) < 4.78 is 37.5. The lowest BCUT2D eigenvalue weighted by atomic mass is 10.3. The van der Waals surface area contributed by atoms with E-state index in [0.29, 0.717) is 29.7 Å². The number of hydrogen-bond donors (Lipinski definition) is 1. The molecule has 1 aliphatic heterocycles. The number of nitrogens with one attached hydrogen (secondary N) is 1. The molecule has 0 atom stereocenters. The van der Waals surface area contributed by atoms with Crippen molar-refractivity contribution < 1.29 is 22.7 Å². The van der Waals surface area contributed by atoms with Gasteiger partial charge in [-0.15, -0.1) is 0 Å². The van der Waals surface area contributed by atoms with Crippen LogP contribution in [0.1, 0.15) is 0 Å². The molecule has 0 spiro atoms. The van der Waals surface area contributed by atoms with E-state index in [-0.39, 0.29) is 29.6 Å². The molecule has 7 nitrogen and oxygen atoms in total. The molecule has 150 valence electrons. The third-order valence-corrected chi connectivity index (χ3v) is 6.69. The van der Waals surface area contributed by atoms with Crippen LogP contribution < -0.4 is 10.1 Å². The highest BCUT2D eigenvalue weighted by Crippen LogP contribution is 2.28. The Hall–Kier alpha value is -1.84. The Balaban J connectivity index is 1.70. The number of morpholine rings is 1. The quantitative estimate of drug-likeness (QED) is 0.739. The Labute approximate surface area is 173 Å². The van der Waals surface area contributed by atoms with Gasteiger partial charge in [0.15, 0.2) is 6.61 Å². The third kappa shape index (κ3) is 4.95. The molecule has 0 aliphatic carbocycles. The van der Waals surface area contributed by atoms with Crippen LogP contribution in [0.25, 0.3) is 0 Å². The molecule has 0 aromatic heterocycles. The van der Waals surface area contributed by atoms with Crippen molar-refractivity contribution in [1.29, 1.82) is 0 Å². The van der Waals surface area contributed by atoms with Crippen LogP contribution in [0.5, 0.6) is 5.75 Å². The highest BCUT2D eigenvalue weighted by Gasteiger charge is 2.28. The summed E-state index contributed by atoms with van der Waals surface area (Å²) in [4.78, 5) is 12.1. The van der Waals surface area contributed by atoms with Gasteiger partial charge in [-0.1, -0.05) is 35.3 Å². The van der Waals surface area contributed by atoms with E-state index in [1.807, 2.05) is 0 Å². The molecule has 1 amide bonds. The van der Waals surface area contributed by atoms with E-state index in [0.717, 1.165) is 0 Å². The van der Waals surface area contributed by atoms with Crippen LogP contribution in [-0.4, -0.2) is 51.5 Å². The molecule has 3 rings (SSSR count). The number of benzene rings is 2. The zero-order valence-corrected chi connectivity index (χ0v) is 17.1. The number of carbonyl (C=O) groups is 1. The molecule has 28 heavy (non-hydrogen) atoms. The van der Waals surface area contributed by atoms with Gasteiger partial charge in [0, 0.05) is 18.8 Å². The largest absolute Gasteiger partial charge is 0.482 e. The summed E-state index contributed by atoms with van der Waals surface area (Å²) in [7, 11) is -3.79. The average Bonchev–Trinajstić information content (AvgIpc) is 2.69. The summed E-state index contributed by atoms with van der Waals surface area (Å²) in [6, 6.07) is 11.1. The van der Waals surface area contributed by atoms with Gasteiger partial charge >= 0.3 is 0 Å². The van der Waals surface area contributed by atoms with Crippen LogP contribution in [0, 0.1) is 0 Å². The Bertz CT molecular complexity index is 962. The average molecular weight is 445 g/mol. The molecule has 1 N–H and O–H groups in total. The minimum Gasteiger partial charge on any atom is -0.482 e.